The van der Waals surface area contributed by atoms with Crippen LogP contribution in [0, 0.1) is 0 Å². The fourth-order valence-electron chi connectivity index (χ4n) is 6.52. The van der Waals surface area contributed by atoms with Crippen molar-refractivity contribution in [3.63, 3.8) is 0 Å². The van der Waals surface area contributed by atoms with Crippen molar-refractivity contribution in [1.82, 2.24) is 9.80 Å². The van der Waals surface area contributed by atoms with Crippen LogP contribution in [0.3, 0.4) is 0 Å². The number of hydrogen-bond donors (Lipinski definition) is 0. The molecule has 0 aromatic heterocycles. The first kappa shape index (κ1) is 60.2. The minimum absolute atomic E-state index is 0.0624. The molecule has 0 atom stereocenters. The van der Waals surface area contributed by atoms with Gasteiger partial charge in [-0.25, -0.2) is 0 Å². The number of rotatable bonds is 47. The maximum absolute atomic E-state index is 12.4. The largest absolute Gasteiger partial charge is 0.465 e. The summed E-state index contributed by atoms with van der Waals surface area (Å²) in [6.07, 6.45) is 27.7. The first-order valence-corrected chi connectivity index (χ1v) is 28.2. The molecule has 0 aliphatic carbocycles. The van der Waals surface area contributed by atoms with E-state index in [0.717, 1.165) is 62.5 Å². The molecular weight excluding hydrogens is 829 g/mol. The molecule has 0 aromatic carbocycles. The van der Waals surface area contributed by atoms with E-state index in [2.05, 4.69) is 51.3 Å². The standard InChI is InChI=1S/C48H96N2O6S4/c1-9-11-13-15-17-19-21-23-25-27-35-53-37-41-57-47(3,4)59-43-39-55-45(51)29-31-49(7)33-34-50(8)32-30-46(52)56-40-44-60-48(5,6)58-42-38-54-36-28-26-24-22-20-18-16-14-12-10-2/h9-44H2,1-8H3. The van der Waals surface area contributed by atoms with E-state index in [-0.39, 0.29) is 20.1 Å². The zero-order valence-electron chi connectivity index (χ0n) is 40.4. The number of ether oxygens (including phenoxy) is 4. The third kappa shape index (κ3) is 44.8. The fraction of sp³-hybridized carbons (Fsp3) is 0.958. The van der Waals surface area contributed by atoms with Gasteiger partial charge in [-0.05, 0) is 54.6 Å². The third-order valence-electron chi connectivity index (χ3n) is 10.5. The Bertz CT molecular complexity index is 890. The molecule has 0 bridgehead atoms. The van der Waals surface area contributed by atoms with E-state index in [1.165, 1.54) is 128 Å². The van der Waals surface area contributed by atoms with Gasteiger partial charge in [-0.2, -0.15) is 0 Å². The van der Waals surface area contributed by atoms with E-state index < -0.39 is 0 Å². The first-order valence-electron chi connectivity index (χ1n) is 24.3. The lowest BCUT2D eigenvalue weighted by atomic mass is 10.1. The molecule has 0 saturated carbocycles. The van der Waals surface area contributed by atoms with Gasteiger partial charge in [-0.3, -0.25) is 9.59 Å². The van der Waals surface area contributed by atoms with Gasteiger partial charge in [-0.15, -0.1) is 47.0 Å². The molecule has 60 heavy (non-hydrogen) atoms. The van der Waals surface area contributed by atoms with E-state index in [1.807, 2.05) is 61.1 Å². The molecule has 0 spiro atoms. The summed E-state index contributed by atoms with van der Waals surface area (Å²) in [6.45, 7) is 20.7. The zero-order chi connectivity index (χ0) is 44.4. The number of carbonyl (C=O) groups is 2. The number of esters is 2. The Morgan fingerprint density at radius 3 is 1.00 bits per heavy atom. The van der Waals surface area contributed by atoms with Crippen molar-refractivity contribution < 1.29 is 28.5 Å². The third-order valence-corrected chi connectivity index (χ3v) is 16.2. The van der Waals surface area contributed by atoms with Gasteiger partial charge < -0.3 is 28.7 Å². The average Bonchev–Trinajstić information content (AvgIpc) is 3.21. The van der Waals surface area contributed by atoms with Crippen molar-refractivity contribution >= 4 is 59.0 Å². The highest BCUT2D eigenvalue weighted by atomic mass is 32.2. The summed E-state index contributed by atoms with van der Waals surface area (Å²) in [5.74, 6) is 3.26. The van der Waals surface area contributed by atoms with Crippen LogP contribution in [0.25, 0.3) is 0 Å². The van der Waals surface area contributed by atoms with Crippen molar-refractivity contribution in [1.29, 1.82) is 0 Å². The lowest BCUT2D eigenvalue weighted by molar-refractivity contribution is -0.144. The molecule has 8 nitrogen and oxygen atoms in total. The highest BCUT2D eigenvalue weighted by Crippen LogP contribution is 2.37. The van der Waals surface area contributed by atoms with Crippen LogP contribution in [0.15, 0.2) is 0 Å². The van der Waals surface area contributed by atoms with Crippen LogP contribution in [0.4, 0.5) is 0 Å². The lowest BCUT2D eigenvalue weighted by Crippen LogP contribution is -2.33. The molecule has 0 unspecified atom stereocenters. The topological polar surface area (TPSA) is 77.5 Å². The van der Waals surface area contributed by atoms with Crippen molar-refractivity contribution in [3.05, 3.63) is 0 Å². The van der Waals surface area contributed by atoms with E-state index in [9.17, 15) is 9.59 Å². The molecule has 0 aliphatic rings. The molecule has 0 fully saturated rings. The van der Waals surface area contributed by atoms with Gasteiger partial charge in [0, 0.05) is 62.4 Å². The maximum atomic E-state index is 12.4. The number of likely N-dealkylation sites (N-methyl/N-ethyl adjacent to an activating group) is 2. The van der Waals surface area contributed by atoms with Gasteiger partial charge in [0.15, 0.2) is 0 Å². The van der Waals surface area contributed by atoms with E-state index in [1.54, 1.807) is 0 Å². The predicted octanol–water partition coefficient (Wildman–Crippen LogP) is 13.0. The number of thioether (sulfide) groups is 4. The summed E-state index contributed by atoms with van der Waals surface area (Å²) in [6, 6.07) is 0. The van der Waals surface area contributed by atoms with Gasteiger partial charge in [0.05, 0.1) is 34.2 Å². The Morgan fingerprint density at radius 1 is 0.400 bits per heavy atom. The quantitative estimate of drug-likeness (QED) is 0.0331. The van der Waals surface area contributed by atoms with Gasteiger partial charge in [-0.1, -0.05) is 129 Å². The summed E-state index contributed by atoms with van der Waals surface area (Å²) in [5.41, 5.74) is 0. The van der Waals surface area contributed by atoms with Crippen molar-refractivity contribution in [2.24, 2.45) is 0 Å². The number of hydrogen-bond acceptors (Lipinski definition) is 12. The second-order valence-corrected chi connectivity index (χ2v) is 24.7. The highest BCUT2D eigenvalue weighted by molar-refractivity contribution is 8.18. The first-order chi connectivity index (χ1) is 28.9. The smallest absolute Gasteiger partial charge is 0.307 e. The second kappa shape index (κ2) is 43.1. The van der Waals surface area contributed by atoms with E-state index in [4.69, 9.17) is 18.9 Å². The molecule has 0 saturated heterocycles. The van der Waals surface area contributed by atoms with E-state index in [0.29, 0.717) is 39.1 Å². The SMILES string of the molecule is CCCCCCCCCCCCOCCSC(C)(C)SCCOC(=O)CCN(C)CCN(C)CCC(=O)OCCSC(C)(C)SCCOCCCCCCCCCCCC. The van der Waals surface area contributed by atoms with Gasteiger partial charge in [0.1, 0.15) is 13.2 Å². The van der Waals surface area contributed by atoms with Crippen molar-refractivity contribution in [2.45, 2.75) is 191 Å². The van der Waals surface area contributed by atoms with Gasteiger partial charge in [0.2, 0.25) is 0 Å². The van der Waals surface area contributed by atoms with Crippen LogP contribution in [0.5, 0.6) is 0 Å². The monoisotopic (exact) mass is 925 g/mol. The Balaban J connectivity index is 3.72. The van der Waals surface area contributed by atoms with Crippen LogP contribution in [0.2, 0.25) is 0 Å². The van der Waals surface area contributed by atoms with Crippen molar-refractivity contribution in [3.8, 4) is 0 Å². The normalized spacial score (nSPS) is 12.2. The number of carbonyl (C=O) groups excluding carboxylic acids is 2. The fourth-order valence-corrected chi connectivity index (χ4v) is 10.9. The summed E-state index contributed by atoms with van der Waals surface area (Å²) in [4.78, 5) is 29.0. The molecule has 358 valence electrons. The zero-order valence-corrected chi connectivity index (χ0v) is 43.7. The second-order valence-electron chi connectivity index (χ2n) is 17.3. The average molecular weight is 926 g/mol. The molecule has 12 heteroatoms. The Kier molecular flexibility index (Phi) is 43.2. The van der Waals surface area contributed by atoms with Crippen LogP contribution in [-0.4, -0.2) is 133 Å². The number of nitrogens with zero attached hydrogens (tertiary/aromatic N) is 2. The Labute approximate surface area is 389 Å². The highest BCUT2D eigenvalue weighted by Gasteiger charge is 2.20. The predicted molar refractivity (Wildman–Crippen MR) is 269 cm³/mol. The molecule has 0 radical (unpaired) electrons. The molecule has 0 aromatic rings. The maximum Gasteiger partial charge on any atom is 0.307 e. The molecule has 0 aliphatic heterocycles. The minimum Gasteiger partial charge on any atom is -0.465 e. The van der Waals surface area contributed by atoms with Crippen molar-refractivity contribution in [2.75, 3.05) is 103 Å². The minimum atomic E-state index is -0.145. The van der Waals surface area contributed by atoms with Crippen LogP contribution >= 0.6 is 47.0 Å². The van der Waals surface area contributed by atoms with Gasteiger partial charge in [0.25, 0.3) is 0 Å². The summed E-state index contributed by atoms with van der Waals surface area (Å²) in [7, 11) is 4.05. The summed E-state index contributed by atoms with van der Waals surface area (Å²) < 4.78 is 22.9. The summed E-state index contributed by atoms with van der Waals surface area (Å²) >= 11 is 7.51. The molecular formula is C48H96N2O6S4. The Morgan fingerprint density at radius 2 is 0.683 bits per heavy atom. The van der Waals surface area contributed by atoms with E-state index >= 15 is 0 Å². The lowest BCUT2D eigenvalue weighted by Gasteiger charge is -2.24. The van der Waals surface area contributed by atoms with Gasteiger partial charge >= 0.3 is 11.9 Å². The summed E-state index contributed by atoms with van der Waals surface area (Å²) in [5, 5.41) is 0. The molecule has 0 N–H and O–H groups in total. The Hall–Kier alpha value is 0.180. The number of unbranched alkanes of at least 4 members (excludes halogenated alkanes) is 18. The molecule has 0 amide bonds. The molecule has 0 heterocycles. The van der Waals surface area contributed by atoms with Crippen LogP contribution in [0.1, 0.15) is 183 Å². The molecule has 0 rings (SSSR count). The van der Waals surface area contributed by atoms with Crippen LogP contribution < -0.4 is 0 Å². The van der Waals surface area contributed by atoms with Crippen LogP contribution in [-0.2, 0) is 28.5 Å².